The lowest BCUT2D eigenvalue weighted by Gasteiger charge is -2.11. The first kappa shape index (κ1) is 9.65. The van der Waals surface area contributed by atoms with Crippen molar-refractivity contribution < 1.29 is 0 Å². The molecule has 0 spiro atoms. The SMILES string of the molecule is Cc1ccccc1C1=IC=CC=C1N. The summed E-state index contributed by atoms with van der Waals surface area (Å²) in [6.07, 6.45) is 4.05. The summed E-state index contributed by atoms with van der Waals surface area (Å²) in [4.78, 5) is 0. The van der Waals surface area contributed by atoms with E-state index in [9.17, 15) is 0 Å². The minimum Gasteiger partial charge on any atom is -0.398 e. The van der Waals surface area contributed by atoms with E-state index < -0.39 is 0 Å². The van der Waals surface area contributed by atoms with Gasteiger partial charge in [-0.2, -0.15) is 0 Å². The van der Waals surface area contributed by atoms with E-state index in [0.717, 1.165) is 5.70 Å². The molecule has 2 rings (SSSR count). The highest BCUT2D eigenvalue weighted by Crippen LogP contribution is 2.21. The third-order valence-electron chi connectivity index (χ3n) is 2.16. The van der Waals surface area contributed by atoms with E-state index in [0.29, 0.717) is 0 Å². The van der Waals surface area contributed by atoms with Gasteiger partial charge in [-0.3, -0.25) is 0 Å². The second-order valence-electron chi connectivity index (χ2n) is 3.18. The van der Waals surface area contributed by atoms with Crippen LogP contribution >= 0.6 is 20.7 Å². The highest BCUT2D eigenvalue weighted by molar-refractivity contribution is 14.2. The van der Waals surface area contributed by atoms with Gasteiger partial charge in [0.1, 0.15) is 0 Å². The first-order valence-electron chi connectivity index (χ1n) is 4.48. The zero-order chi connectivity index (χ0) is 9.97. The van der Waals surface area contributed by atoms with Crippen LogP contribution in [0, 0.1) is 6.92 Å². The van der Waals surface area contributed by atoms with Crippen molar-refractivity contribution in [2.75, 3.05) is 0 Å². The molecule has 0 aliphatic carbocycles. The quantitative estimate of drug-likeness (QED) is 0.793. The molecule has 2 heteroatoms. The molecule has 72 valence electrons. The van der Waals surface area contributed by atoms with Gasteiger partial charge in [0.25, 0.3) is 0 Å². The monoisotopic (exact) mass is 297 g/mol. The molecule has 0 radical (unpaired) electrons. The molecular weight excluding hydrogens is 285 g/mol. The Morgan fingerprint density at radius 3 is 2.71 bits per heavy atom. The fourth-order valence-electron chi connectivity index (χ4n) is 1.41. The van der Waals surface area contributed by atoms with Crippen LogP contribution in [0.5, 0.6) is 0 Å². The number of rotatable bonds is 1. The first-order valence-corrected chi connectivity index (χ1v) is 6.80. The summed E-state index contributed by atoms with van der Waals surface area (Å²) >= 11 is -0.0440. The minimum absolute atomic E-state index is 0.0440. The molecule has 1 aromatic carbocycles. The normalized spacial score (nSPS) is 15.5. The Morgan fingerprint density at radius 1 is 1.21 bits per heavy atom. The second-order valence-corrected chi connectivity index (χ2v) is 5.60. The number of benzene rings is 1. The lowest BCUT2D eigenvalue weighted by molar-refractivity contribution is 1.42. The minimum atomic E-state index is -0.0440. The van der Waals surface area contributed by atoms with E-state index in [1.54, 1.807) is 0 Å². The van der Waals surface area contributed by atoms with Gasteiger partial charge >= 0.3 is 0 Å². The molecule has 0 unspecified atom stereocenters. The smallest absolute Gasteiger partial charge is 0.0452 e. The molecule has 1 aliphatic heterocycles. The molecule has 0 saturated heterocycles. The Balaban J connectivity index is 2.51. The molecule has 14 heavy (non-hydrogen) atoms. The molecule has 0 amide bonds. The first-order chi connectivity index (χ1) is 6.79. The molecule has 1 aromatic rings. The Labute approximate surface area is 94.1 Å². The summed E-state index contributed by atoms with van der Waals surface area (Å²) in [7, 11) is 0. The van der Waals surface area contributed by atoms with Crippen molar-refractivity contribution in [2.45, 2.75) is 6.92 Å². The van der Waals surface area contributed by atoms with Gasteiger partial charge in [0, 0.05) is 9.21 Å². The van der Waals surface area contributed by atoms with Crippen molar-refractivity contribution in [2.24, 2.45) is 5.73 Å². The van der Waals surface area contributed by atoms with Gasteiger partial charge < -0.3 is 5.73 Å². The summed E-state index contributed by atoms with van der Waals surface area (Å²) in [5.41, 5.74) is 9.55. The van der Waals surface area contributed by atoms with Crippen molar-refractivity contribution in [3.63, 3.8) is 0 Å². The van der Waals surface area contributed by atoms with Gasteiger partial charge in [0.05, 0.1) is 0 Å². The maximum absolute atomic E-state index is 5.98. The Morgan fingerprint density at radius 2 is 2.00 bits per heavy atom. The van der Waals surface area contributed by atoms with E-state index >= 15 is 0 Å². The van der Waals surface area contributed by atoms with E-state index in [1.165, 1.54) is 14.6 Å². The summed E-state index contributed by atoms with van der Waals surface area (Å²) in [6.45, 7) is 2.14. The predicted molar refractivity (Wildman–Crippen MR) is 70.7 cm³/mol. The van der Waals surface area contributed by atoms with Crippen LogP contribution in [0.2, 0.25) is 0 Å². The van der Waals surface area contributed by atoms with Crippen molar-refractivity contribution in [1.29, 1.82) is 0 Å². The molecule has 0 saturated carbocycles. The number of allylic oxidation sites excluding steroid dienone is 3. The van der Waals surface area contributed by atoms with Crippen molar-refractivity contribution in [3.8, 4) is 0 Å². The third kappa shape index (κ3) is 1.80. The predicted octanol–water partition coefficient (Wildman–Crippen LogP) is 2.86. The number of aryl methyl sites for hydroxylation is 1. The highest BCUT2D eigenvalue weighted by Gasteiger charge is 2.08. The van der Waals surface area contributed by atoms with Crippen LogP contribution in [0.3, 0.4) is 0 Å². The van der Waals surface area contributed by atoms with Crippen LogP contribution < -0.4 is 5.73 Å². The van der Waals surface area contributed by atoms with Crippen LogP contribution in [-0.4, -0.2) is 3.51 Å². The van der Waals surface area contributed by atoms with Gasteiger partial charge in [0.15, 0.2) is 0 Å². The van der Waals surface area contributed by atoms with Crippen LogP contribution in [-0.2, 0) is 0 Å². The summed E-state index contributed by atoms with van der Waals surface area (Å²) < 4.78 is 3.60. The van der Waals surface area contributed by atoms with Crippen LogP contribution in [0.25, 0.3) is 0 Å². The lowest BCUT2D eigenvalue weighted by Crippen LogP contribution is -2.12. The van der Waals surface area contributed by atoms with Gasteiger partial charge in [-0.1, -0.05) is 51.1 Å². The number of halogens is 1. The topological polar surface area (TPSA) is 26.0 Å². The summed E-state index contributed by atoms with van der Waals surface area (Å²) in [5.74, 6) is 0. The molecule has 0 aromatic heterocycles. The maximum Gasteiger partial charge on any atom is 0.0452 e. The molecule has 1 heterocycles. The molecule has 0 fully saturated rings. The van der Waals surface area contributed by atoms with Gasteiger partial charge in [-0.25, -0.2) is 0 Å². The zero-order valence-electron chi connectivity index (χ0n) is 8.00. The van der Waals surface area contributed by atoms with Crippen molar-refractivity contribution >= 4 is 24.2 Å². The second kappa shape index (κ2) is 4.09. The van der Waals surface area contributed by atoms with Crippen LogP contribution in [0.15, 0.2) is 46.2 Å². The maximum atomic E-state index is 5.98. The molecule has 1 nitrogen and oxygen atoms in total. The number of hydrogen-bond acceptors (Lipinski definition) is 1. The lowest BCUT2D eigenvalue weighted by atomic mass is 10.0. The average Bonchev–Trinajstić information content (AvgIpc) is 2.20. The zero-order valence-corrected chi connectivity index (χ0v) is 10.2. The fraction of sp³-hybridized carbons (Fsp3) is 0.0833. The van der Waals surface area contributed by atoms with Crippen molar-refractivity contribution in [3.05, 3.63) is 57.3 Å². The highest BCUT2D eigenvalue weighted by atomic mass is 127. The Hall–Kier alpha value is -0.900. The average molecular weight is 297 g/mol. The van der Waals surface area contributed by atoms with Gasteiger partial charge in [0.2, 0.25) is 0 Å². The molecular formula is C12H12IN. The molecule has 2 N–H and O–H groups in total. The largest absolute Gasteiger partial charge is 0.398 e. The standard InChI is InChI=1S/C12H12IN/c1-9-5-2-3-6-10(9)12-11(14)7-4-8-13-12/h2-8H,14H2,1H3. The molecule has 0 atom stereocenters. The van der Waals surface area contributed by atoms with E-state index in [1.807, 2.05) is 6.08 Å². The molecule has 0 bridgehead atoms. The Bertz CT molecular complexity index is 441. The van der Waals surface area contributed by atoms with Crippen LogP contribution in [0.4, 0.5) is 0 Å². The Kier molecular flexibility index (Phi) is 2.82. The number of nitrogens with two attached hydrogens (primary N) is 1. The summed E-state index contributed by atoms with van der Waals surface area (Å²) in [5, 5.41) is 0. The van der Waals surface area contributed by atoms with E-state index in [-0.39, 0.29) is 20.7 Å². The summed E-state index contributed by atoms with van der Waals surface area (Å²) in [6, 6.07) is 8.43. The van der Waals surface area contributed by atoms with Crippen molar-refractivity contribution in [1.82, 2.24) is 0 Å². The van der Waals surface area contributed by atoms with Crippen LogP contribution in [0.1, 0.15) is 11.1 Å². The molecule has 1 aliphatic rings. The van der Waals surface area contributed by atoms with Gasteiger partial charge in [-0.05, 0) is 28.2 Å². The fourth-order valence-corrected chi connectivity index (χ4v) is 3.66. The van der Waals surface area contributed by atoms with E-state index in [2.05, 4.69) is 41.3 Å². The number of hydrogen-bond donors (Lipinski definition) is 1. The third-order valence-corrected chi connectivity index (χ3v) is 4.76. The van der Waals surface area contributed by atoms with Gasteiger partial charge in [-0.15, -0.1) is 0 Å². The van der Waals surface area contributed by atoms with E-state index in [4.69, 9.17) is 5.73 Å².